The number of rotatable bonds is 6. The molecule has 4 rings (SSSR count). The van der Waals surface area contributed by atoms with Gasteiger partial charge in [-0.15, -0.1) is 0 Å². The van der Waals surface area contributed by atoms with E-state index in [1.54, 1.807) is 6.08 Å². The molecule has 0 aliphatic rings. The molecule has 0 radical (unpaired) electrons. The number of ether oxygens (including phenoxy) is 2. The molecule has 0 atom stereocenters. The third kappa shape index (κ3) is 4.62. The first-order valence-electron chi connectivity index (χ1n) is 9.97. The first-order chi connectivity index (χ1) is 15.8. The molecule has 0 amide bonds. The van der Waals surface area contributed by atoms with Gasteiger partial charge in [0.25, 0.3) is 0 Å². The van der Waals surface area contributed by atoms with Gasteiger partial charge in [0.05, 0.1) is 18.1 Å². The van der Waals surface area contributed by atoms with Gasteiger partial charge in [-0.1, -0.05) is 49.1 Å². The van der Waals surface area contributed by atoms with Crippen LogP contribution in [0.2, 0.25) is 0 Å². The predicted molar refractivity (Wildman–Crippen MR) is 120 cm³/mol. The van der Waals surface area contributed by atoms with Gasteiger partial charge in [0, 0.05) is 6.07 Å². The van der Waals surface area contributed by atoms with Crippen molar-refractivity contribution in [3.05, 3.63) is 100 Å². The summed E-state index contributed by atoms with van der Waals surface area (Å²) in [5.41, 5.74) is 0.381. The van der Waals surface area contributed by atoms with Crippen molar-refractivity contribution in [3.63, 3.8) is 0 Å². The molecule has 1 aromatic heterocycles. The molecule has 0 aliphatic heterocycles. The van der Waals surface area contributed by atoms with E-state index >= 15 is 0 Å². The Hall–Kier alpha value is -4.00. The summed E-state index contributed by atoms with van der Waals surface area (Å²) in [5.74, 6) is -0.621. The van der Waals surface area contributed by atoms with Crippen LogP contribution < -0.4 is 14.9 Å². The minimum Gasteiger partial charge on any atom is -0.497 e. The van der Waals surface area contributed by atoms with Gasteiger partial charge < -0.3 is 13.9 Å². The second-order valence-electron chi connectivity index (χ2n) is 7.25. The average molecular weight is 452 g/mol. The van der Waals surface area contributed by atoms with Crippen molar-refractivity contribution in [1.82, 2.24) is 0 Å². The Morgan fingerprint density at radius 3 is 2.24 bits per heavy atom. The van der Waals surface area contributed by atoms with Crippen LogP contribution >= 0.6 is 0 Å². The summed E-state index contributed by atoms with van der Waals surface area (Å²) in [5, 5.41) is 0.0245. The zero-order valence-corrected chi connectivity index (χ0v) is 17.6. The second kappa shape index (κ2) is 8.86. The Labute approximate surface area is 187 Å². The third-order valence-electron chi connectivity index (χ3n) is 5.12. The number of halogens is 3. The molecule has 0 saturated carbocycles. The standard InChI is InChI=1S/C26H19F3O4/c1-3-16-4-6-17(7-5-16)15-32-20-12-13-21-22(14-20)33-25(26(27,28)29)23(24(21)30)18-8-10-19(31-2)11-9-18/h3-14H,1,15H2,2H3. The number of hydrogen-bond acceptors (Lipinski definition) is 4. The number of benzene rings is 3. The van der Waals surface area contributed by atoms with Crippen LogP contribution in [0, 0.1) is 0 Å². The maximum Gasteiger partial charge on any atom is 0.450 e. The fraction of sp³-hybridized carbons (Fsp3) is 0.115. The van der Waals surface area contributed by atoms with E-state index in [9.17, 15) is 18.0 Å². The fourth-order valence-corrected chi connectivity index (χ4v) is 3.40. The van der Waals surface area contributed by atoms with E-state index in [1.165, 1.54) is 49.6 Å². The molecule has 1 heterocycles. The van der Waals surface area contributed by atoms with Crippen LogP contribution in [0.3, 0.4) is 0 Å². The van der Waals surface area contributed by atoms with Crippen molar-refractivity contribution >= 4 is 17.0 Å². The van der Waals surface area contributed by atoms with Gasteiger partial charge in [0.1, 0.15) is 23.7 Å². The molecule has 0 aliphatic carbocycles. The highest BCUT2D eigenvalue weighted by Gasteiger charge is 2.39. The van der Waals surface area contributed by atoms with Crippen molar-refractivity contribution < 1.29 is 27.1 Å². The van der Waals surface area contributed by atoms with Crippen LogP contribution in [-0.2, 0) is 12.8 Å². The summed E-state index contributed by atoms with van der Waals surface area (Å²) in [4.78, 5) is 13.1. The zero-order chi connectivity index (χ0) is 23.6. The lowest BCUT2D eigenvalue weighted by molar-refractivity contribution is -0.152. The first kappa shape index (κ1) is 22.2. The van der Waals surface area contributed by atoms with Gasteiger partial charge >= 0.3 is 6.18 Å². The summed E-state index contributed by atoms with van der Waals surface area (Å²) >= 11 is 0. The van der Waals surface area contributed by atoms with Crippen LogP contribution in [0.25, 0.3) is 28.2 Å². The number of fused-ring (bicyclic) bond motifs is 1. The van der Waals surface area contributed by atoms with Gasteiger partial charge in [0.2, 0.25) is 11.2 Å². The SMILES string of the molecule is C=Cc1ccc(COc2ccc3c(=O)c(-c4ccc(OC)cc4)c(C(F)(F)F)oc3c2)cc1. The molecule has 0 saturated heterocycles. The number of hydrogen-bond donors (Lipinski definition) is 0. The van der Waals surface area contributed by atoms with E-state index in [0.717, 1.165) is 11.1 Å². The first-order valence-corrected chi connectivity index (χ1v) is 9.97. The van der Waals surface area contributed by atoms with Crippen LogP contribution in [0.15, 0.2) is 82.5 Å². The largest absolute Gasteiger partial charge is 0.497 e. The van der Waals surface area contributed by atoms with E-state index < -0.39 is 22.9 Å². The van der Waals surface area contributed by atoms with Gasteiger partial charge in [-0.05, 0) is 41.0 Å². The highest BCUT2D eigenvalue weighted by Crippen LogP contribution is 2.38. The van der Waals surface area contributed by atoms with Crippen LogP contribution in [-0.4, -0.2) is 7.11 Å². The molecule has 4 aromatic rings. The summed E-state index contributed by atoms with van der Waals surface area (Å²) in [6.07, 6.45) is -3.15. The van der Waals surface area contributed by atoms with E-state index in [0.29, 0.717) is 5.75 Å². The second-order valence-corrected chi connectivity index (χ2v) is 7.25. The Morgan fingerprint density at radius 1 is 0.970 bits per heavy atom. The maximum absolute atomic E-state index is 13.8. The summed E-state index contributed by atoms with van der Waals surface area (Å²) < 4.78 is 57.4. The van der Waals surface area contributed by atoms with E-state index in [2.05, 4.69) is 6.58 Å². The van der Waals surface area contributed by atoms with Crippen molar-refractivity contribution in [2.24, 2.45) is 0 Å². The molecular formula is C26H19F3O4. The molecule has 3 aromatic carbocycles. The van der Waals surface area contributed by atoms with E-state index in [4.69, 9.17) is 13.9 Å². The lowest BCUT2D eigenvalue weighted by atomic mass is 10.0. The van der Waals surface area contributed by atoms with Crippen LogP contribution in [0.4, 0.5) is 13.2 Å². The zero-order valence-electron chi connectivity index (χ0n) is 17.6. The maximum atomic E-state index is 13.8. The third-order valence-corrected chi connectivity index (χ3v) is 5.12. The highest BCUT2D eigenvalue weighted by atomic mass is 19.4. The number of alkyl halides is 3. The molecule has 0 bridgehead atoms. The Bertz CT molecular complexity index is 1350. The monoisotopic (exact) mass is 452 g/mol. The van der Waals surface area contributed by atoms with Crippen molar-refractivity contribution in [3.8, 4) is 22.6 Å². The minimum atomic E-state index is -4.87. The predicted octanol–water partition coefficient (Wildman–Crippen LogP) is 6.71. The smallest absolute Gasteiger partial charge is 0.450 e. The molecule has 0 fully saturated rings. The fourth-order valence-electron chi connectivity index (χ4n) is 3.40. The molecule has 33 heavy (non-hydrogen) atoms. The lowest BCUT2D eigenvalue weighted by Gasteiger charge is -2.14. The van der Waals surface area contributed by atoms with Crippen LogP contribution in [0.1, 0.15) is 16.9 Å². The van der Waals surface area contributed by atoms with Gasteiger partial charge in [-0.2, -0.15) is 13.2 Å². The summed E-state index contributed by atoms with van der Waals surface area (Å²) in [7, 11) is 1.44. The van der Waals surface area contributed by atoms with Crippen molar-refractivity contribution in [2.45, 2.75) is 12.8 Å². The van der Waals surface area contributed by atoms with Gasteiger partial charge in [-0.25, -0.2) is 0 Å². The molecule has 0 unspecified atom stereocenters. The lowest BCUT2D eigenvalue weighted by Crippen LogP contribution is -2.16. The van der Waals surface area contributed by atoms with Crippen molar-refractivity contribution in [1.29, 1.82) is 0 Å². The average Bonchev–Trinajstić information content (AvgIpc) is 2.82. The Morgan fingerprint density at radius 2 is 1.64 bits per heavy atom. The molecule has 0 N–H and O–H groups in total. The Kier molecular flexibility index (Phi) is 5.96. The molecule has 168 valence electrons. The minimum absolute atomic E-state index is 0.0245. The van der Waals surface area contributed by atoms with Gasteiger partial charge in [0.15, 0.2) is 0 Å². The number of methoxy groups -OCH3 is 1. The quantitative estimate of drug-likeness (QED) is 0.326. The van der Waals surface area contributed by atoms with Gasteiger partial charge in [-0.3, -0.25) is 4.79 Å². The summed E-state index contributed by atoms with van der Waals surface area (Å²) in [6, 6.07) is 17.5. The molecule has 7 heteroatoms. The van der Waals surface area contributed by atoms with E-state index in [1.807, 2.05) is 24.3 Å². The van der Waals surface area contributed by atoms with E-state index in [-0.39, 0.29) is 28.9 Å². The normalized spacial score (nSPS) is 11.4. The molecule has 0 spiro atoms. The Balaban J connectivity index is 1.74. The molecular weight excluding hydrogens is 433 g/mol. The molecule has 4 nitrogen and oxygen atoms in total. The van der Waals surface area contributed by atoms with Crippen LogP contribution in [0.5, 0.6) is 11.5 Å². The van der Waals surface area contributed by atoms with Crippen molar-refractivity contribution in [2.75, 3.05) is 7.11 Å². The topological polar surface area (TPSA) is 48.7 Å². The summed E-state index contributed by atoms with van der Waals surface area (Å²) in [6.45, 7) is 3.89. The highest BCUT2D eigenvalue weighted by molar-refractivity contribution is 5.84.